The average Bonchev–Trinajstić information content (AvgIpc) is 2.90. The van der Waals surface area contributed by atoms with E-state index in [1.54, 1.807) is 19.1 Å². The molecule has 0 spiro atoms. The minimum absolute atomic E-state index is 0.116. The molecule has 0 fully saturated rings. The Morgan fingerprint density at radius 1 is 1.04 bits per heavy atom. The number of carbonyl (C=O) groups is 1. The van der Waals surface area contributed by atoms with Crippen LogP contribution in [0.4, 0.5) is 11.4 Å². The van der Waals surface area contributed by atoms with Crippen LogP contribution < -0.4 is 16.3 Å². The van der Waals surface area contributed by atoms with Crippen molar-refractivity contribution in [1.82, 2.24) is 9.97 Å². The van der Waals surface area contributed by atoms with Crippen molar-refractivity contribution in [3.8, 4) is 0 Å². The zero-order chi connectivity index (χ0) is 17.3. The summed E-state index contributed by atoms with van der Waals surface area (Å²) in [5.41, 5.74) is 4.86. The smallest absolute Gasteiger partial charge is 0.323 e. The predicted molar refractivity (Wildman–Crippen MR) is 96.5 cm³/mol. The first-order valence-electron chi connectivity index (χ1n) is 7.79. The van der Waals surface area contributed by atoms with Gasteiger partial charge in [-0.05, 0) is 50.1 Å². The van der Waals surface area contributed by atoms with E-state index in [1.807, 2.05) is 38.1 Å². The number of benzene rings is 2. The van der Waals surface area contributed by atoms with Crippen molar-refractivity contribution in [3.05, 3.63) is 58.0 Å². The van der Waals surface area contributed by atoms with Crippen molar-refractivity contribution in [2.45, 2.75) is 26.8 Å². The molecular weight excluding hydrogens is 304 g/mol. The van der Waals surface area contributed by atoms with E-state index in [9.17, 15) is 9.59 Å². The summed E-state index contributed by atoms with van der Waals surface area (Å²) in [6.07, 6.45) is 0. The molecule has 0 aliphatic heterocycles. The van der Waals surface area contributed by atoms with Gasteiger partial charge in [-0.2, -0.15) is 0 Å². The molecule has 24 heavy (non-hydrogen) atoms. The second-order valence-electron chi connectivity index (χ2n) is 5.96. The van der Waals surface area contributed by atoms with Gasteiger partial charge in [0.2, 0.25) is 5.91 Å². The van der Waals surface area contributed by atoms with Gasteiger partial charge in [0.25, 0.3) is 0 Å². The van der Waals surface area contributed by atoms with Gasteiger partial charge < -0.3 is 20.6 Å². The van der Waals surface area contributed by atoms with Crippen LogP contribution in [0.25, 0.3) is 11.0 Å². The minimum Gasteiger partial charge on any atom is -0.374 e. The van der Waals surface area contributed by atoms with Crippen molar-refractivity contribution in [3.63, 3.8) is 0 Å². The fourth-order valence-electron chi connectivity index (χ4n) is 2.68. The van der Waals surface area contributed by atoms with Gasteiger partial charge in [-0.3, -0.25) is 4.79 Å². The summed E-state index contributed by atoms with van der Waals surface area (Å²) in [6.45, 7) is 5.74. The molecule has 1 unspecified atom stereocenters. The molecule has 3 aromatic rings. The fraction of sp³-hybridized carbons (Fsp3) is 0.222. The van der Waals surface area contributed by atoms with E-state index in [2.05, 4.69) is 20.6 Å². The van der Waals surface area contributed by atoms with Crippen LogP contribution in [0.5, 0.6) is 0 Å². The molecule has 0 aliphatic rings. The Bertz CT molecular complexity index is 935. The molecule has 1 atom stereocenters. The zero-order valence-electron chi connectivity index (χ0n) is 13.9. The molecule has 0 aliphatic carbocycles. The monoisotopic (exact) mass is 324 g/mol. The topological polar surface area (TPSA) is 89.8 Å². The standard InChI is InChI=1S/C18H20N4O2/c1-10-5-4-6-11(2)16(10)22-17(23)12(3)19-13-7-8-14-15(9-13)21-18(24)20-14/h4-9,12,19H,1-3H3,(H,22,23)(H2,20,21,24). The SMILES string of the molecule is Cc1cccc(C)c1NC(=O)C(C)Nc1ccc2[nH]c(=O)[nH]c2c1. The number of carbonyl (C=O) groups excluding carboxylic acids is 1. The van der Waals surface area contributed by atoms with Crippen LogP contribution in [0.15, 0.2) is 41.2 Å². The lowest BCUT2D eigenvalue weighted by atomic mass is 10.1. The maximum absolute atomic E-state index is 12.5. The van der Waals surface area contributed by atoms with Crippen molar-refractivity contribution >= 4 is 28.3 Å². The number of aryl methyl sites for hydroxylation is 2. The Morgan fingerprint density at radius 2 is 1.71 bits per heavy atom. The number of fused-ring (bicyclic) bond motifs is 1. The van der Waals surface area contributed by atoms with Crippen LogP contribution in [0.3, 0.4) is 0 Å². The Morgan fingerprint density at radius 3 is 2.42 bits per heavy atom. The molecule has 1 amide bonds. The zero-order valence-corrected chi connectivity index (χ0v) is 13.9. The molecule has 2 aromatic carbocycles. The molecule has 4 N–H and O–H groups in total. The average molecular weight is 324 g/mol. The number of anilines is 2. The Hall–Kier alpha value is -3.02. The maximum atomic E-state index is 12.5. The molecule has 1 heterocycles. The number of para-hydroxylation sites is 1. The molecule has 6 heteroatoms. The van der Waals surface area contributed by atoms with E-state index in [0.717, 1.165) is 28.0 Å². The number of imidazole rings is 1. The summed E-state index contributed by atoms with van der Waals surface area (Å²) in [7, 11) is 0. The molecule has 3 rings (SSSR count). The van der Waals surface area contributed by atoms with Gasteiger partial charge in [-0.15, -0.1) is 0 Å². The third-order valence-electron chi connectivity index (χ3n) is 4.02. The van der Waals surface area contributed by atoms with Gasteiger partial charge in [-0.1, -0.05) is 18.2 Å². The first-order chi connectivity index (χ1) is 11.4. The van der Waals surface area contributed by atoms with Gasteiger partial charge in [-0.25, -0.2) is 4.79 Å². The molecule has 0 bridgehead atoms. The molecule has 0 radical (unpaired) electrons. The number of nitrogens with one attached hydrogen (secondary N) is 4. The number of amides is 1. The van der Waals surface area contributed by atoms with Crippen LogP contribution in [-0.4, -0.2) is 21.9 Å². The number of aromatic nitrogens is 2. The molecule has 0 saturated carbocycles. The summed E-state index contributed by atoms with van der Waals surface area (Å²) in [5, 5.41) is 6.13. The summed E-state index contributed by atoms with van der Waals surface area (Å²) >= 11 is 0. The van der Waals surface area contributed by atoms with Gasteiger partial charge in [0.15, 0.2) is 0 Å². The number of rotatable bonds is 4. The highest BCUT2D eigenvalue weighted by Gasteiger charge is 2.15. The number of hydrogen-bond acceptors (Lipinski definition) is 3. The largest absolute Gasteiger partial charge is 0.374 e. The van der Waals surface area contributed by atoms with Gasteiger partial charge >= 0.3 is 5.69 Å². The Labute approximate surface area is 139 Å². The highest BCUT2D eigenvalue weighted by atomic mass is 16.2. The van der Waals surface area contributed by atoms with Gasteiger partial charge in [0.05, 0.1) is 11.0 Å². The Kier molecular flexibility index (Phi) is 4.12. The first kappa shape index (κ1) is 15.9. The van der Waals surface area contributed by atoms with E-state index >= 15 is 0 Å². The highest BCUT2D eigenvalue weighted by Crippen LogP contribution is 2.20. The number of aromatic amines is 2. The maximum Gasteiger partial charge on any atom is 0.323 e. The fourth-order valence-corrected chi connectivity index (χ4v) is 2.68. The van der Waals surface area contributed by atoms with Crippen LogP contribution in [-0.2, 0) is 4.79 Å². The van der Waals surface area contributed by atoms with Crippen molar-refractivity contribution in [2.24, 2.45) is 0 Å². The van der Waals surface area contributed by atoms with Crippen molar-refractivity contribution in [1.29, 1.82) is 0 Å². The molecule has 124 valence electrons. The second-order valence-corrected chi connectivity index (χ2v) is 5.96. The predicted octanol–water partition coefficient (Wildman–Crippen LogP) is 2.91. The van der Waals surface area contributed by atoms with Crippen molar-refractivity contribution < 1.29 is 4.79 Å². The number of hydrogen-bond donors (Lipinski definition) is 4. The molecular formula is C18H20N4O2. The third kappa shape index (κ3) is 3.17. The molecule has 1 aromatic heterocycles. The summed E-state index contributed by atoms with van der Waals surface area (Å²) in [4.78, 5) is 29.1. The quantitative estimate of drug-likeness (QED) is 0.595. The van der Waals surface area contributed by atoms with Crippen LogP contribution in [0.2, 0.25) is 0 Å². The van der Waals surface area contributed by atoms with E-state index in [4.69, 9.17) is 0 Å². The summed E-state index contributed by atoms with van der Waals surface area (Å²) in [6, 6.07) is 10.9. The van der Waals surface area contributed by atoms with Crippen LogP contribution in [0.1, 0.15) is 18.1 Å². The lowest BCUT2D eigenvalue weighted by molar-refractivity contribution is -0.116. The van der Waals surface area contributed by atoms with E-state index in [-0.39, 0.29) is 11.6 Å². The van der Waals surface area contributed by atoms with Crippen LogP contribution in [0, 0.1) is 13.8 Å². The van der Waals surface area contributed by atoms with Gasteiger partial charge in [0, 0.05) is 11.4 Å². The lowest BCUT2D eigenvalue weighted by Crippen LogP contribution is -2.32. The first-order valence-corrected chi connectivity index (χ1v) is 7.79. The van der Waals surface area contributed by atoms with E-state index in [1.165, 1.54) is 0 Å². The molecule has 0 saturated heterocycles. The van der Waals surface area contributed by atoms with Crippen LogP contribution >= 0.6 is 0 Å². The van der Waals surface area contributed by atoms with E-state index in [0.29, 0.717) is 5.52 Å². The second kappa shape index (κ2) is 6.23. The van der Waals surface area contributed by atoms with E-state index < -0.39 is 6.04 Å². The summed E-state index contributed by atoms with van der Waals surface area (Å²) in [5.74, 6) is -0.116. The van der Waals surface area contributed by atoms with Gasteiger partial charge in [0.1, 0.15) is 6.04 Å². The summed E-state index contributed by atoms with van der Waals surface area (Å²) < 4.78 is 0. The normalized spacial score (nSPS) is 12.1. The minimum atomic E-state index is -0.424. The third-order valence-corrected chi connectivity index (χ3v) is 4.02. The lowest BCUT2D eigenvalue weighted by Gasteiger charge is -2.17. The number of H-pyrrole nitrogens is 2. The highest BCUT2D eigenvalue weighted by molar-refractivity contribution is 5.97. The van der Waals surface area contributed by atoms with Crippen molar-refractivity contribution in [2.75, 3.05) is 10.6 Å². The Balaban J connectivity index is 1.74. The molecule has 6 nitrogen and oxygen atoms in total.